The normalized spacial score (nSPS) is 14.6. The number of hydrogen-bond donors (Lipinski definition) is 1. The summed E-state index contributed by atoms with van der Waals surface area (Å²) < 4.78 is 10.9. The summed E-state index contributed by atoms with van der Waals surface area (Å²) in [6, 6.07) is 11.3. The van der Waals surface area contributed by atoms with Gasteiger partial charge in [0.2, 0.25) is 0 Å². The third kappa shape index (κ3) is 4.39. The minimum atomic E-state index is -0.548. The van der Waals surface area contributed by atoms with Gasteiger partial charge in [-0.05, 0) is 62.7 Å². The van der Waals surface area contributed by atoms with Crippen molar-refractivity contribution >= 4 is 23.3 Å². The number of hydrogen-bond acceptors (Lipinski definition) is 5. The number of amides is 1. The number of ketones is 1. The number of rotatable bonds is 5. The maximum Gasteiger partial charge on any atom is 0.338 e. The molecule has 1 aliphatic rings. The second-order valence-electron chi connectivity index (χ2n) is 7.34. The Morgan fingerprint density at radius 1 is 1.11 bits per heavy atom. The molecule has 1 aliphatic heterocycles. The molecule has 28 heavy (non-hydrogen) atoms. The highest BCUT2D eigenvalue weighted by atomic mass is 16.5. The van der Waals surface area contributed by atoms with Gasteiger partial charge < -0.3 is 14.8 Å². The maximum absolute atomic E-state index is 12.5. The summed E-state index contributed by atoms with van der Waals surface area (Å²) in [4.78, 5) is 36.7. The molecule has 2 aromatic carbocycles. The van der Waals surface area contributed by atoms with E-state index in [1.807, 2.05) is 20.8 Å². The van der Waals surface area contributed by atoms with Crippen LogP contribution in [0.2, 0.25) is 0 Å². The van der Waals surface area contributed by atoms with Gasteiger partial charge in [0.1, 0.15) is 11.4 Å². The van der Waals surface area contributed by atoms with Crippen LogP contribution in [0, 0.1) is 0 Å². The summed E-state index contributed by atoms with van der Waals surface area (Å²) >= 11 is 0. The topological polar surface area (TPSA) is 81.7 Å². The molecule has 3 rings (SSSR count). The summed E-state index contributed by atoms with van der Waals surface area (Å²) in [5.74, 6) is -0.291. The number of ether oxygens (including phenoxy) is 2. The van der Waals surface area contributed by atoms with E-state index in [1.54, 1.807) is 42.5 Å². The summed E-state index contributed by atoms with van der Waals surface area (Å²) in [5, 5.41) is 2.76. The Kier molecular flexibility index (Phi) is 5.49. The molecule has 6 nitrogen and oxygen atoms in total. The first-order valence-electron chi connectivity index (χ1n) is 9.24. The van der Waals surface area contributed by atoms with E-state index in [0.717, 1.165) is 6.42 Å². The first-order valence-corrected chi connectivity index (χ1v) is 9.24. The van der Waals surface area contributed by atoms with Gasteiger partial charge in [-0.3, -0.25) is 9.59 Å². The first-order chi connectivity index (χ1) is 13.3. The Balaban J connectivity index is 1.71. The van der Waals surface area contributed by atoms with Crippen LogP contribution >= 0.6 is 0 Å². The zero-order chi connectivity index (χ0) is 20.3. The number of carbonyl (C=O) groups excluding carboxylic acids is 3. The van der Waals surface area contributed by atoms with Crippen molar-refractivity contribution in [3.63, 3.8) is 0 Å². The molecule has 0 bridgehead atoms. The predicted octanol–water partition coefficient (Wildman–Crippen LogP) is 4.25. The zero-order valence-corrected chi connectivity index (χ0v) is 16.2. The Hall–Kier alpha value is -3.15. The number of fused-ring (bicyclic) bond motifs is 1. The highest BCUT2D eigenvalue weighted by molar-refractivity contribution is 6.08. The number of Topliss-reactive ketones (excluding diaryl/α,β-unsaturated/α-hetero) is 1. The van der Waals surface area contributed by atoms with Crippen molar-refractivity contribution < 1.29 is 23.9 Å². The number of benzene rings is 2. The molecule has 0 fully saturated rings. The Morgan fingerprint density at radius 2 is 1.79 bits per heavy atom. The molecule has 1 heterocycles. The van der Waals surface area contributed by atoms with Gasteiger partial charge in [0.15, 0.2) is 5.78 Å². The van der Waals surface area contributed by atoms with Crippen LogP contribution in [-0.2, 0) is 4.74 Å². The molecule has 0 aromatic heterocycles. The third-order valence-electron chi connectivity index (χ3n) is 4.33. The van der Waals surface area contributed by atoms with Gasteiger partial charge in [-0.2, -0.15) is 0 Å². The van der Waals surface area contributed by atoms with Gasteiger partial charge in [0.25, 0.3) is 5.91 Å². The van der Waals surface area contributed by atoms with Crippen LogP contribution in [0.1, 0.15) is 64.7 Å². The number of carbonyl (C=O) groups is 3. The van der Waals surface area contributed by atoms with Gasteiger partial charge in [-0.15, -0.1) is 0 Å². The maximum atomic E-state index is 12.5. The fourth-order valence-corrected chi connectivity index (χ4v) is 2.96. The lowest BCUT2D eigenvalue weighted by molar-refractivity contribution is 0.0504. The summed E-state index contributed by atoms with van der Waals surface area (Å²) in [6.07, 6.45) is 1.02. The van der Waals surface area contributed by atoms with Crippen molar-refractivity contribution in [2.45, 2.75) is 39.2 Å². The SMILES string of the molecule is CCCOC(=O)c1ccc(NC(=O)c2ccc3c(c2)C(=O)CC(C)(C)O3)cc1. The van der Waals surface area contributed by atoms with Crippen LogP contribution in [-0.4, -0.2) is 29.9 Å². The lowest BCUT2D eigenvalue weighted by atomic mass is 9.92. The van der Waals surface area contributed by atoms with Gasteiger partial charge >= 0.3 is 5.97 Å². The Bertz CT molecular complexity index is 915. The van der Waals surface area contributed by atoms with Crippen LogP contribution < -0.4 is 10.1 Å². The van der Waals surface area contributed by atoms with Crippen molar-refractivity contribution in [3.05, 3.63) is 59.2 Å². The molecule has 146 valence electrons. The van der Waals surface area contributed by atoms with Crippen molar-refractivity contribution in [3.8, 4) is 5.75 Å². The van der Waals surface area contributed by atoms with Crippen LogP contribution in [0.3, 0.4) is 0 Å². The van der Waals surface area contributed by atoms with E-state index in [2.05, 4.69) is 5.32 Å². The quantitative estimate of drug-likeness (QED) is 0.783. The summed E-state index contributed by atoms with van der Waals surface area (Å²) in [5.41, 5.74) is 1.19. The van der Waals surface area contributed by atoms with Gasteiger partial charge in [-0.25, -0.2) is 4.79 Å². The van der Waals surface area contributed by atoms with Crippen LogP contribution in [0.25, 0.3) is 0 Å². The largest absolute Gasteiger partial charge is 0.487 e. The lowest BCUT2D eigenvalue weighted by Crippen LogP contribution is -2.36. The van der Waals surface area contributed by atoms with E-state index in [-0.39, 0.29) is 18.1 Å². The van der Waals surface area contributed by atoms with Crippen molar-refractivity contribution in [2.24, 2.45) is 0 Å². The average Bonchev–Trinajstić information content (AvgIpc) is 2.65. The molecule has 0 saturated carbocycles. The molecule has 1 N–H and O–H groups in total. The molecular weight excluding hydrogens is 358 g/mol. The average molecular weight is 381 g/mol. The monoisotopic (exact) mass is 381 g/mol. The molecule has 0 radical (unpaired) electrons. The van der Waals surface area contributed by atoms with Crippen LogP contribution in [0.5, 0.6) is 5.75 Å². The molecule has 0 unspecified atom stereocenters. The fraction of sp³-hybridized carbons (Fsp3) is 0.318. The fourth-order valence-electron chi connectivity index (χ4n) is 2.96. The van der Waals surface area contributed by atoms with Gasteiger partial charge in [-0.1, -0.05) is 6.92 Å². The van der Waals surface area contributed by atoms with E-state index < -0.39 is 11.6 Å². The second kappa shape index (κ2) is 7.84. The molecule has 1 amide bonds. The van der Waals surface area contributed by atoms with E-state index in [9.17, 15) is 14.4 Å². The smallest absolute Gasteiger partial charge is 0.338 e. The highest BCUT2D eigenvalue weighted by Crippen LogP contribution is 2.33. The minimum absolute atomic E-state index is 0.0455. The van der Waals surface area contributed by atoms with E-state index in [4.69, 9.17) is 9.47 Å². The zero-order valence-electron chi connectivity index (χ0n) is 16.2. The molecule has 6 heteroatoms. The number of anilines is 1. The molecule has 0 spiro atoms. The molecule has 0 atom stereocenters. The number of nitrogens with one attached hydrogen (secondary N) is 1. The molecule has 0 aliphatic carbocycles. The van der Waals surface area contributed by atoms with Crippen molar-refractivity contribution in [1.29, 1.82) is 0 Å². The number of esters is 1. The standard InChI is InChI=1S/C22H23NO5/c1-4-11-27-21(26)14-5-8-16(9-6-14)23-20(25)15-7-10-19-17(12-15)18(24)13-22(2,3)28-19/h5-10,12H,4,11,13H2,1-3H3,(H,23,25). The van der Waals surface area contributed by atoms with Crippen LogP contribution in [0.4, 0.5) is 5.69 Å². The van der Waals surface area contributed by atoms with Gasteiger partial charge in [0.05, 0.1) is 24.2 Å². The summed E-state index contributed by atoms with van der Waals surface area (Å²) in [6.45, 7) is 6.01. The molecule has 0 saturated heterocycles. The van der Waals surface area contributed by atoms with Crippen molar-refractivity contribution in [2.75, 3.05) is 11.9 Å². The second-order valence-corrected chi connectivity index (χ2v) is 7.34. The van der Waals surface area contributed by atoms with Crippen LogP contribution in [0.15, 0.2) is 42.5 Å². The highest BCUT2D eigenvalue weighted by Gasteiger charge is 2.32. The Morgan fingerprint density at radius 3 is 2.46 bits per heavy atom. The minimum Gasteiger partial charge on any atom is -0.487 e. The lowest BCUT2D eigenvalue weighted by Gasteiger charge is -2.31. The summed E-state index contributed by atoms with van der Waals surface area (Å²) in [7, 11) is 0. The van der Waals surface area contributed by atoms with Crippen molar-refractivity contribution in [1.82, 2.24) is 0 Å². The predicted molar refractivity (Wildman–Crippen MR) is 105 cm³/mol. The van der Waals surface area contributed by atoms with E-state index in [1.165, 1.54) is 0 Å². The molecular formula is C22H23NO5. The van der Waals surface area contributed by atoms with Gasteiger partial charge in [0, 0.05) is 11.3 Å². The molecule has 2 aromatic rings. The Labute approximate surface area is 163 Å². The van der Waals surface area contributed by atoms with E-state index >= 15 is 0 Å². The third-order valence-corrected chi connectivity index (χ3v) is 4.33. The first kappa shape index (κ1) is 19.6. The van der Waals surface area contributed by atoms with E-state index in [0.29, 0.717) is 34.7 Å².